The zero-order valence-electron chi connectivity index (χ0n) is 8.64. The fourth-order valence-corrected chi connectivity index (χ4v) is 2.02. The maximum Gasteiger partial charge on any atom is 0.372 e. The molecule has 0 amide bonds. The molecular formula is C11H8ClNO4. The first-order valence-corrected chi connectivity index (χ1v) is 5.35. The van der Waals surface area contributed by atoms with Gasteiger partial charge in [0.25, 0.3) is 5.78 Å². The Hall–Kier alpha value is -1.75. The first-order valence-electron chi connectivity index (χ1n) is 4.97. The molecule has 2 rings (SSSR count). The fourth-order valence-electron chi connectivity index (χ4n) is 1.87. The highest BCUT2D eigenvalue weighted by Crippen LogP contribution is 2.26. The molecule has 0 saturated heterocycles. The second kappa shape index (κ2) is 4.25. The quantitative estimate of drug-likeness (QED) is 0.485. The van der Waals surface area contributed by atoms with Crippen LogP contribution < -0.4 is 0 Å². The Balaban J connectivity index is 2.39. The van der Waals surface area contributed by atoms with E-state index < -0.39 is 23.5 Å². The van der Waals surface area contributed by atoms with Crippen molar-refractivity contribution in [2.45, 2.75) is 12.8 Å². The Morgan fingerprint density at radius 2 is 2.12 bits per heavy atom. The molecular weight excluding hydrogens is 246 g/mol. The number of carbonyl (C=O) groups is 3. The summed E-state index contributed by atoms with van der Waals surface area (Å²) in [5.74, 6) is -4.36. The maximum atomic E-state index is 11.9. The smallest absolute Gasteiger partial charge is 0.372 e. The van der Waals surface area contributed by atoms with Crippen LogP contribution in [-0.2, 0) is 16.0 Å². The Morgan fingerprint density at radius 1 is 1.41 bits per heavy atom. The minimum Gasteiger partial charge on any atom is -0.475 e. The molecule has 1 N–H and O–H groups in total. The number of carboxylic acids is 1. The van der Waals surface area contributed by atoms with Gasteiger partial charge in [-0.25, -0.2) is 9.78 Å². The van der Waals surface area contributed by atoms with Gasteiger partial charge in [0.2, 0.25) is 0 Å². The van der Waals surface area contributed by atoms with Crippen molar-refractivity contribution in [1.82, 2.24) is 4.98 Å². The molecule has 1 aliphatic carbocycles. The largest absolute Gasteiger partial charge is 0.475 e. The summed E-state index contributed by atoms with van der Waals surface area (Å²) in [6.45, 7) is 0. The third-order valence-electron chi connectivity index (χ3n) is 2.72. The van der Waals surface area contributed by atoms with Crippen LogP contribution in [0.25, 0.3) is 0 Å². The summed E-state index contributed by atoms with van der Waals surface area (Å²) < 4.78 is 0. The molecule has 0 aromatic carbocycles. The summed E-state index contributed by atoms with van der Waals surface area (Å²) in [6, 6.07) is 3.23. The molecule has 1 heterocycles. The van der Waals surface area contributed by atoms with Crippen molar-refractivity contribution >= 4 is 29.1 Å². The molecule has 5 nitrogen and oxygen atoms in total. The third kappa shape index (κ3) is 2.06. The third-order valence-corrected chi connectivity index (χ3v) is 2.93. The van der Waals surface area contributed by atoms with E-state index in [4.69, 9.17) is 16.7 Å². The van der Waals surface area contributed by atoms with Crippen LogP contribution in [0.3, 0.4) is 0 Å². The van der Waals surface area contributed by atoms with Crippen LogP contribution >= 0.6 is 11.6 Å². The lowest BCUT2D eigenvalue weighted by Gasteiger charge is -2.19. The highest BCUT2D eigenvalue weighted by atomic mass is 35.5. The van der Waals surface area contributed by atoms with Crippen molar-refractivity contribution in [3.05, 3.63) is 28.5 Å². The summed E-state index contributed by atoms with van der Waals surface area (Å²) in [5.41, 5.74) is 0.817. The number of fused-ring (bicyclic) bond motifs is 1. The van der Waals surface area contributed by atoms with Crippen molar-refractivity contribution in [2.75, 3.05) is 0 Å². The van der Waals surface area contributed by atoms with Gasteiger partial charge < -0.3 is 5.11 Å². The Labute approximate surface area is 101 Å². The lowest BCUT2D eigenvalue weighted by molar-refractivity contribution is -0.150. The zero-order chi connectivity index (χ0) is 12.6. The SMILES string of the molecule is O=C(O)C(=O)C1CCc2ccc(Cl)nc2C1=O. The molecule has 0 aliphatic heterocycles. The number of hydrogen-bond acceptors (Lipinski definition) is 4. The van der Waals surface area contributed by atoms with Gasteiger partial charge in [0.05, 0.1) is 5.92 Å². The number of rotatable bonds is 2. The van der Waals surface area contributed by atoms with Crippen molar-refractivity contribution in [3.63, 3.8) is 0 Å². The van der Waals surface area contributed by atoms with Gasteiger partial charge in [0.1, 0.15) is 10.8 Å². The molecule has 17 heavy (non-hydrogen) atoms. The number of aryl methyl sites for hydroxylation is 1. The Kier molecular flexibility index (Phi) is 2.93. The van der Waals surface area contributed by atoms with Crippen molar-refractivity contribution in [3.8, 4) is 0 Å². The molecule has 1 aliphatic rings. The number of aliphatic carboxylic acids is 1. The maximum absolute atomic E-state index is 11.9. The number of Topliss-reactive ketones (excluding diaryl/α,β-unsaturated/α-hetero) is 2. The Morgan fingerprint density at radius 3 is 2.76 bits per heavy atom. The fraction of sp³-hybridized carbons (Fsp3) is 0.273. The lowest BCUT2D eigenvalue weighted by atomic mass is 9.83. The standard InChI is InChI=1S/C11H8ClNO4/c12-7-4-2-5-1-3-6(10(15)11(16)17)9(14)8(5)13-7/h2,4,6H,1,3H2,(H,16,17). The van der Waals surface area contributed by atoms with Crippen molar-refractivity contribution in [2.24, 2.45) is 5.92 Å². The van der Waals surface area contributed by atoms with E-state index in [1.807, 2.05) is 0 Å². The minimum atomic E-state index is -1.59. The van der Waals surface area contributed by atoms with E-state index in [9.17, 15) is 14.4 Å². The van der Waals surface area contributed by atoms with Crippen LogP contribution in [0.5, 0.6) is 0 Å². The van der Waals surface area contributed by atoms with Gasteiger partial charge in [-0.2, -0.15) is 0 Å². The molecule has 88 valence electrons. The van der Waals surface area contributed by atoms with Crippen LogP contribution in [0, 0.1) is 5.92 Å². The summed E-state index contributed by atoms with van der Waals surface area (Å²) in [5, 5.41) is 8.76. The number of nitrogens with zero attached hydrogens (tertiary/aromatic N) is 1. The molecule has 1 unspecified atom stereocenters. The molecule has 0 spiro atoms. The van der Waals surface area contributed by atoms with E-state index in [1.54, 1.807) is 12.1 Å². The van der Waals surface area contributed by atoms with E-state index >= 15 is 0 Å². The summed E-state index contributed by atoms with van der Waals surface area (Å²) in [6.07, 6.45) is 0.662. The van der Waals surface area contributed by atoms with Gasteiger partial charge >= 0.3 is 5.97 Å². The number of ketones is 2. The van der Waals surface area contributed by atoms with Gasteiger partial charge in [-0.1, -0.05) is 17.7 Å². The van der Waals surface area contributed by atoms with Crippen LogP contribution in [0.1, 0.15) is 22.5 Å². The second-order valence-electron chi connectivity index (χ2n) is 3.77. The van der Waals surface area contributed by atoms with Gasteiger partial charge in [-0.15, -0.1) is 0 Å². The predicted molar refractivity (Wildman–Crippen MR) is 58.0 cm³/mol. The normalized spacial score (nSPS) is 18.6. The monoisotopic (exact) mass is 253 g/mol. The van der Waals surface area contributed by atoms with Crippen LogP contribution in [-0.4, -0.2) is 27.6 Å². The molecule has 0 fully saturated rings. The van der Waals surface area contributed by atoms with Crippen molar-refractivity contribution < 1.29 is 19.5 Å². The van der Waals surface area contributed by atoms with E-state index in [-0.39, 0.29) is 17.3 Å². The predicted octanol–water partition coefficient (Wildman–Crippen LogP) is 1.13. The summed E-state index contributed by atoms with van der Waals surface area (Å²) >= 11 is 5.67. The second-order valence-corrected chi connectivity index (χ2v) is 4.15. The van der Waals surface area contributed by atoms with E-state index in [1.165, 1.54) is 0 Å². The lowest BCUT2D eigenvalue weighted by Crippen LogP contribution is -2.34. The van der Waals surface area contributed by atoms with E-state index in [0.29, 0.717) is 12.0 Å². The molecule has 0 radical (unpaired) electrons. The summed E-state index contributed by atoms with van der Waals surface area (Å²) in [4.78, 5) is 37.7. The molecule has 1 aromatic rings. The first kappa shape index (κ1) is 11.7. The van der Waals surface area contributed by atoms with Gasteiger partial charge in [0.15, 0.2) is 5.78 Å². The molecule has 6 heteroatoms. The average molecular weight is 254 g/mol. The number of hydrogen-bond donors (Lipinski definition) is 1. The number of halogens is 1. The number of aromatic nitrogens is 1. The molecule has 1 atom stereocenters. The van der Waals surface area contributed by atoms with Crippen LogP contribution in [0.2, 0.25) is 5.15 Å². The van der Waals surface area contributed by atoms with E-state index in [0.717, 1.165) is 0 Å². The van der Waals surface area contributed by atoms with Gasteiger partial charge in [-0.3, -0.25) is 9.59 Å². The zero-order valence-corrected chi connectivity index (χ0v) is 9.40. The highest BCUT2D eigenvalue weighted by molar-refractivity contribution is 6.39. The topological polar surface area (TPSA) is 84.3 Å². The van der Waals surface area contributed by atoms with Crippen LogP contribution in [0.15, 0.2) is 12.1 Å². The Bertz CT molecular complexity index is 526. The number of carbonyl (C=O) groups excluding carboxylic acids is 2. The van der Waals surface area contributed by atoms with Gasteiger partial charge in [0, 0.05) is 0 Å². The minimum absolute atomic E-state index is 0.114. The molecule has 0 bridgehead atoms. The number of carboxylic acid groups (broad SMARTS) is 1. The summed E-state index contributed by atoms with van der Waals surface area (Å²) in [7, 11) is 0. The first-order chi connectivity index (χ1) is 8.00. The highest BCUT2D eigenvalue weighted by Gasteiger charge is 2.36. The average Bonchev–Trinajstić information content (AvgIpc) is 2.29. The molecule has 0 saturated carbocycles. The molecule has 1 aromatic heterocycles. The van der Waals surface area contributed by atoms with E-state index in [2.05, 4.69) is 4.98 Å². The van der Waals surface area contributed by atoms with Crippen LogP contribution in [0.4, 0.5) is 0 Å². The van der Waals surface area contributed by atoms with Gasteiger partial charge in [-0.05, 0) is 24.5 Å². The number of pyridine rings is 1. The van der Waals surface area contributed by atoms with Crippen molar-refractivity contribution in [1.29, 1.82) is 0 Å².